The van der Waals surface area contributed by atoms with Crippen molar-refractivity contribution in [3.63, 3.8) is 0 Å². The van der Waals surface area contributed by atoms with Crippen molar-refractivity contribution in [2.75, 3.05) is 5.32 Å². The number of thiazole rings is 1. The van der Waals surface area contributed by atoms with E-state index in [1.807, 2.05) is 43.5 Å². The Morgan fingerprint density at radius 3 is 2.65 bits per heavy atom. The molecular formula is C15H18N2OS2. The van der Waals surface area contributed by atoms with Gasteiger partial charge in [-0.3, -0.25) is 4.79 Å². The molecule has 1 aromatic carbocycles. The van der Waals surface area contributed by atoms with Crippen LogP contribution >= 0.6 is 23.1 Å². The second kappa shape index (κ2) is 6.90. The lowest BCUT2D eigenvalue weighted by molar-refractivity contribution is -0.115. The summed E-state index contributed by atoms with van der Waals surface area (Å²) in [5, 5.41) is 4.77. The molecule has 3 nitrogen and oxygen atoms in total. The molecule has 1 heterocycles. The molecule has 0 aliphatic carbocycles. The number of thioether (sulfide) groups is 1. The van der Waals surface area contributed by atoms with Crippen LogP contribution in [0.2, 0.25) is 0 Å². The van der Waals surface area contributed by atoms with Crippen LogP contribution in [0, 0.1) is 6.92 Å². The van der Waals surface area contributed by atoms with Crippen LogP contribution in [0.1, 0.15) is 25.1 Å². The van der Waals surface area contributed by atoms with Gasteiger partial charge in [0, 0.05) is 16.8 Å². The zero-order valence-electron chi connectivity index (χ0n) is 11.8. The van der Waals surface area contributed by atoms with Crippen LogP contribution in [0.15, 0.2) is 34.0 Å². The second-order valence-electron chi connectivity index (χ2n) is 4.55. The van der Waals surface area contributed by atoms with E-state index < -0.39 is 0 Å². The van der Waals surface area contributed by atoms with E-state index in [1.54, 1.807) is 11.3 Å². The number of aromatic nitrogens is 1. The summed E-state index contributed by atoms with van der Waals surface area (Å²) < 4.78 is 0.937. The molecule has 0 saturated carbocycles. The van der Waals surface area contributed by atoms with Crippen LogP contribution in [0.4, 0.5) is 5.69 Å². The number of anilines is 1. The normalized spacial score (nSPS) is 12.2. The minimum Gasteiger partial charge on any atom is -0.325 e. The zero-order valence-corrected chi connectivity index (χ0v) is 13.5. The van der Waals surface area contributed by atoms with Crippen LogP contribution in [0.5, 0.6) is 0 Å². The third-order valence-electron chi connectivity index (χ3n) is 2.87. The summed E-state index contributed by atoms with van der Waals surface area (Å²) in [6.07, 6.45) is 1.00. The summed E-state index contributed by atoms with van der Waals surface area (Å²) in [4.78, 5) is 16.5. The van der Waals surface area contributed by atoms with E-state index in [0.29, 0.717) is 0 Å². The number of carbonyl (C=O) groups is 1. The summed E-state index contributed by atoms with van der Waals surface area (Å²) in [6.45, 7) is 5.97. The fourth-order valence-electron chi connectivity index (χ4n) is 1.66. The highest BCUT2D eigenvalue weighted by atomic mass is 32.2. The zero-order chi connectivity index (χ0) is 14.5. The van der Waals surface area contributed by atoms with Crippen molar-refractivity contribution in [3.8, 4) is 0 Å². The smallest absolute Gasteiger partial charge is 0.237 e. The monoisotopic (exact) mass is 306 g/mol. The Morgan fingerprint density at radius 1 is 1.40 bits per heavy atom. The molecule has 2 rings (SSSR count). The SMILES string of the molecule is CCc1ccc(NC(=O)C(C)Sc2nc(C)cs2)cc1. The van der Waals surface area contributed by atoms with Crippen molar-refractivity contribution in [1.82, 2.24) is 4.98 Å². The van der Waals surface area contributed by atoms with Gasteiger partial charge in [-0.2, -0.15) is 0 Å². The van der Waals surface area contributed by atoms with Gasteiger partial charge >= 0.3 is 0 Å². The average molecular weight is 306 g/mol. The van der Waals surface area contributed by atoms with E-state index in [-0.39, 0.29) is 11.2 Å². The number of hydrogen-bond donors (Lipinski definition) is 1. The van der Waals surface area contributed by atoms with Gasteiger partial charge < -0.3 is 5.32 Å². The lowest BCUT2D eigenvalue weighted by atomic mass is 10.1. The minimum atomic E-state index is -0.161. The quantitative estimate of drug-likeness (QED) is 0.844. The van der Waals surface area contributed by atoms with E-state index in [2.05, 4.69) is 17.2 Å². The van der Waals surface area contributed by atoms with Crippen molar-refractivity contribution in [2.45, 2.75) is 36.8 Å². The highest BCUT2D eigenvalue weighted by molar-refractivity contribution is 8.02. The Bertz CT molecular complexity index is 578. The lowest BCUT2D eigenvalue weighted by Gasteiger charge is -2.10. The molecule has 1 atom stereocenters. The fourth-order valence-corrected chi connectivity index (χ4v) is 3.64. The van der Waals surface area contributed by atoms with Gasteiger partial charge in [0.25, 0.3) is 0 Å². The third-order valence-corrected chi connectivity index (χ3v) is 5.06. The summed E-state index contributed by atoms with van der Waals surface area (Å²) in [5.74, 6) is 0.00658. The molecule has 1 N–H and O–H groups in total. The van der Waals surface area contributed by atoms with Crippen molar-refractivity contribution < 1.29 is 4.79 Å². The highest BCUT2D eigenvalue weighted by Crippen LogP contribution is 2.27. The highest BCUT2D eigenvalue weighted by Gasteiger charge is 2.16. The first-order chi connectivity index (χ1) is 9.58. The van der Waals surface area contributed by atoms with E-state index in [9.17, 15) is 4.79 Å². The van der Waals surface area contributed by atoms with E-state index >= 15 is 0 Å². The van der Waals surface area contributed by atoms with Crippen molar-refractivity contribution >= 4 is 34.7 Å². The van der Waals surface area contributed by atoms with E-state index in [4.69, 9.17) is 0 Å². The third kappa shape index (κ3) is 4.08. The van der Waals surface area contributed by atoms with Gasteiger partial charge in [0.2, 0.25) is 5.91 Å². The average Bonchev–Trinajstić information content (AvgIpc) is 2.85. The van der Waals surface area contributed by atoms with Crippen LogP contribution in [0.3, 0.4) is 0 Å². The molecule has 0 bridgehead atoms. The first-order valence-corrected chi connectivity index (χ1v) is 8.33. The summed E-state index contributed by atoms with van der Waals surface area (Å²) >= 11 is 3.07. The minimum absolute atomic E-state index is 0.00658. The van der Waals surface area contributed by atoms with Crippen LogP contribution in [0.25, 0.3) is 0 Å². The van der Waals surface area contributed by atoms with Gasteiger partial charge in [-0.15, -0.1) is 11.3 Å². The topological polar surface area (TPSA) is 42.0 Å². The van der Waals surface area contributed by atoms with Crippen LogP contribution < -0.4 is 5.32 Å². The number of nitrogens with one attached hydrogen (secondary N) is 1. The molecule has 106 valence electrons. The predicted octanol–water partition coefficient (Wildman–Crippen LogP) is 4.13. The summed E-state index contributed by atoms with van der Waals surface area (Å²) in [7, 11) is 0. The molecular weight excluding hydrogens is 288 g/mol. The molecule has 1 amide bonds. The molecule has 0 radical (unpaired) electrons. The Morgan fingerprint density at radius 2 is 2.10 bits per heavy atom. The number of amides is 1. The van der Waals surface area contributed by atoms with Gasteiger partial charge in [0.05, 0.1) is 5.25 Å². The predicted molar refractivity (Wildman–Crippen MR) is 86.6 cm³/mol. The largest absolute Gasteiger partial charge is 0.325 e. The Labute approximate surface area is 127 Å². The molecule has 0 fully saturated rings. The molecule has 0 aliphatic rings. The Kier molecular flexibility index (Phi) is 5.20. The number of aryl methyl sites for hydroxylation is 2. The maximum atomic E-state index is 12.1. The molecule has 0 spiro atoms. The number of hydrogen-bond acceptors (Lipinski definition) is 4. The second-order valence-corrected chi connectivity index (χ2v) is 7.00. The molecule has 1 unspecified atom stereocenters. The maximum Gasteiger partial charge on any atom is 0.237 e. The van der Waals surface area contributed by atoms with E-state index in [0.717, 1.165) is 22.1 Å². The van der Waals surface area contributed by atoms with Crippen molar-refractivity contribution in [2.24, 2.45) is 0 Å². The van der Waals surface area contributed by atoms with Crippen LogP contribution in [-0.2, 0) is 11.2 Å². The van der Waals surface area contributed by atoms with Gasteiger partial charge in [-0.05, 0) is 38.0 Å². The van der Waals surface area contributed by atoms with Crippen LogP contribution in [-0.4, -0.2) is 16.1 Å². The molecule has 2 aromatic rings. The lowest BCUT2D eigenvalue weighted by Crippen LogP contribution is -2.22. The molecule has 0 saturated heterocycles. The molecule has 20 heavy (non-hydrogen) atoms. The first kappa shape index (κ1) is 15.1. The van der Waals surface area contributed by atoms with Crippen molar-refractivity contribution in [3.05, 3.63) is 40.9 Å². The number of rotatable bonds is 5. The van der Waals surface area contributed by atoms with Gasteiger partial charge in [-0.25, -0.2) is 4.98 Å². The molecule has 0 aliphatic heterocycles. The summed E-state index contributed by atoms with van der Waals surface area (Å²) in [5.41, 5.74) is 3.11. The van der Waals surface area contributed by atoms with E-state index in [1.165, 1.54) is 17.3 Å². The fraction of sp³-hybridized carbons (Fsp3) is 0.333. The van der Waals surface area contributed by atoms with Gasteiger partial charge in [0.15, 0.2) is 4.34 Å². The molecule has 5 heteroatoms. The van der Waals surface area contributed by atoms with Gasteiger partial charge in [0.1, 0.15) is 0 Å². The Hall–Kier alpha value is -1.33. The maximum absolute atomic E-state index is 12.1. The standard InChI is InChI=1S/C15H18N2OS2/c1-4-12-5-7-13(8-6-12)17-14(18)11(3)20-15-16-10(2)9-19-15/h5-9,11H,4H2,1-3H3,(H,17,18). The van der Waals surface area contributed by atoms with Crippen molar-refractivity contribution in [1.29, 1.82) is 0 Å². The Balaban J connectivity index is 1.93. The number of benzene rings is 1. The molecule has 1 aromatic heterocycles. The number of carbonyl (C=O) groups excluding carboxylic acids is 1. The van der Waals surface area contributed by atoms with Gasteiger partial charge in [-0.1, -0.05) is 30.8 Å². The summed E-state index contributed by atoms with van der Waals surface area (Å²) in [6, 6.07) is 7.97. The number of nitrogens with zero attached hydrogens (tertiary/aromatic N) is 1. The first-order valence-electron chi connectivity index (χ1n) is 6.57.